The molecule has 14 nitrogen and oxygen atoms in total. The number of rotatable bonds is 7. The van der Waals surface area contributed by atoms with Crippen LogP contribution in [0.1, 0.15) is 99.0 Å². The molecule has 0 aromatic carbocycles. The highest BCUT2D eigenvalue weighted by Gasteiger charge is 2.52. The molecule has 0 radical (unpaired) electrons. The van der Waals surface area contributed by atoms with Crippen molar-refractivity contribution in [3.63, 3.8) is 0 Å². The number of carbonyl (C=O) groups excluding carboxylic acids is 1. The minimum atomic E-state index is -2.71. The average molecular weight is 752 g/mol. The fourth-order valence-electron chi connectivity index (χ4n) is 8.51. The molecule has 3 saturated heterocycles. The molecule has 3 aliphatic rings. The lowest BCUT2D eigenvalue weighted by atomic mass is 9.77. The first-order valence-corrected chi connectivity index (χ1v) is 18.9. The first-order chi connectivity index (χ1) is 25.1. The van der Waals surface area contributed by atoms with Gasteiger partial charge in [0.15, 0.2) is 12.6 Å². The monoisotopic (exact) mass is 752 g/mol. The maximum atomic E-state index is 14.3. The third-order valence-corrected chi connectivity index (χ3v) is 11.9. The van der Waals surface area contributed by atoms with Crippen LogP contribution in [0.2, 0.25) is 0 Å². The molecule has 0 bridgehead atoms. The Morgan fingerprint density at radius 1 is 0.981 bits per heavy atom. The van der Waals surface area contributed by atoms with E-state index in [4.69, 9.17) is 32.5 Å². The van der Waals surface area contributed by atoms with Crippen molar-refractivity contribution in [2.45, 2.75) is 185 Å². The smallest absolute Gasteiger partial charge is 0.311 e. The quantitative estimate of drug-likeness (QED) is 0.238. The van der Waals surface area contributed by atoms with Gasteiger partial charge < -0.3 is 63.8 Å². The van der Waals surface area contributed by atoms with Gasteiger partial charge in [0.25, 0.3) is 0 Å². The Hall–Kier alpha value is -1.01. The number of esters is 1. The number of hydrogen-bond acceptors (Lipinski definition) is 14. The maximum Gasteiger partial charge on any atom is 0.311 e. The van der Waals surface area contributed by atoms with Gasteiger partial charge in [0, 0.05) is 42.2 Å². The minimum Gasteiger partial charge on any atom is -0.459 e. The molecule has 0 saturated carbocycles. The summed E-state index contributed by atoms with van der Waals surface area (Å²) in [5.74, 6) is -3.31. The lowest BCUT2D eigenvalue weighted by Gasteiger charge is -2.48. The Morgan fingerprint density at radius 2 is 1.62 bits per heavy atom. The number of ether oxygens (including phenoxy) is 6. The number of cyclic esters (lactones) is 1. The van der Waals surface area contributed by atoms with Crippen molar-refractivity contribution in [2.75, 3.05) is 34.7 Å². The molecule has 18 atom stereocenters. The van der Waals surface area contributed by atoms with Gasteiger partial charge in [0.2, 0.25) is 0 Å². The average Bonchev–Trinajstić information content (AvgIpc) is 3.08. The summed E-state index contributed by atoms with van der Waals surface area (Å²) in [5.41, 5.74) is -4.92. The molecule has 306 valence electrons. The SMILES string of the molecule is [2H]C([2H])([2H])N1C[C@H](C)C[C@@](C)(O)[C@H](O[C@@H]2O[C@H](C)C[C@H](N(C)C)[C@H]2O)[C@@H](C)[C@@H](O[C@H]2C[C@@](C)(OC)[C@@H](O)[C@H](C)O2)[C@@H](C)C(=O)O[C@H](CC)[C@@](C)(O)[C@@H](O)[C@H]1C. The van der Waals surface area contributed by atoms with E-state index < -0.39 is 109 Å². The normalized spacial score (nSPS) is 50.7. The molecule has 0 aromatic heterocycles. The molecule has 14 heteroatoms. The van der Waals surface area contributed by atoms with Crippen LogP contribution in [-0.4, -0.2) is 166 Å². The first kappa shape index (κ1) is 40.6. The lowest BCUT2D eigenvalue weighted by molar-refractivity contribution is -0.318. The third-order valence-electron chi connectivity index (χ3n) is 11.9. The third kappa shape index (κ3) is 10.0. The van der Waals surface area contributed by atoms with Gasteiger partial charge in [-0.15, -0.1) is 0 Å². The van der Waals surface area contributed by atoms with Gasteiger partial charge in [0.05, 0.1) is 41.5 Å². The predicted molar refractivity (Wildman–Crippen MR) is 194 cm³/mol. The highest BCUT2D eigenvalue weighted by Crippen LogP contribution is 2.40. The number of likely N-dealkylation sites (N-methyl/N-ethyl adjacent to an activating group) is 2. The predicted octanol–water partition coefficient (Wildman–Crippen LogP) is 1.90. The lowest BCUT2D eigenvalue weighted by Crippen LogP contribution is -2.60. The summed E-state index contributed by atoms with van der Waals surface area (Å²) in [6.07, 6.45) is -9.99. The van der Waals surface area contributed by atoms with Crippen molar-refractivity contribution >= 4 is 5.97 Å². The van der Waals surface area contributed by atoms with Crippen LogP contribution >= 0.6 is 0 Å². The number of hydrogen-bond donors (Lipinski definition) is 5. The van der Waals surface area contributed by atoms with Gasteiger partial charge in [-0.25, -0.2) is 0 Å². The van der Waals surface area contributed by atoms with Crippen molar-refractivity contribution in [3.8, 4) is 0 Å². The summed E-state index contributed by atoms with van der Waals surface area (Å²) in [7, 11) is 5.16. The summed E-state index contributed by atoms with van der Waals surface area (Å²) in [5, 5.41) is 58.4. The Labute approximate surface area is 316 Å². The summed E-state index contributed by atoms with van der Waals surface area (Å²) >= 11 is 0. The van der Waals surface area contributed by atoms with Gasteiger partial charge in [0.1, 0.15) is 30.0 Å². The second kappa shape index (κ2) is 17.8. The van der Waals surface area contributed by atoms with E-state index in [2.05, 4.69) is 0 Å². The Bertz CT molecular complexity index is 1250. The summed E-state index contributed by atoms with van der Waals surface area (Å²) < 4.78 is 62.4. The van der Waals surface area contributed by atoms with Crippen LogP contribution in [0.15, 0.2) is 0 Å². The van der Waals surface area contributed by atoms with Crippen molar-refractivity contribution < 1.29 is 62.9 Å². The van der Waals surface area contributed by atoms with Crippen LogP contribution in [-0.2, 0) is 33.2 Å². The van der Waals surface area contributed by atoms with Gasteiger partial charge in [-0.2, -0.15) is 0 Å². The fraction of sp³-hybridized carbons (Fsp3) is 0.974. The number of methoxy groups -OCH3 is 1. The van der Waals surface area contributed by atoms with E-state index >= 15 is 0 Å². The summed E-state index contributed by atoms with van der Waals surface area (Å²) in [6.45, 7) is 13.6. The second-order valence-corrected chi connectivity index (χ2v) is 16.9. The van der Waals surface area contributed by atoms with Crippen LogP contribution in [0, 0.1) is 17.8 Å². The molecule has 3 aliphatic heterocycles. The Morgan fingerprint density at radius 3 is 2.17 bits per heavy atom. The molecule has 0 aliphatic carbocycles. The van der Waals surface area contributed by atoms with Crippen LogP contribution < -0.4 is 0 Å². The fourth-order valence-corrected chi connectivity index (χ4v) is 8.51. The number of aliphatic hydroxyl groups is 5. The van der Waals surface area contributed by atoms with Crippen molar-refractivity contribution in [1.29, 1.82) is 0 Å². The van der Waals surface area contributed by atoms with Gasteiger partial charge in [-0.05, 0) is 94.7 Å². The van der Waals surface area contributed by atoms with Gasteiger partial charge >= 0.3 is 5.97 Å². The topological polar surface area (TPSA) is 180 Å². The van der Waals surface area contributed by atoms with E-state index in [1.807, 2.05) is 25.9 Å². The molecule has 0 amide bonds. The summed E-state index contributed by atoms with van der Waals surface area (Å²) in [4.78, 5) is 17.3. The molecule has 0 spiro atoms. The molecule has 3 heterocycles. The van der Waals surface area contributed by atoms with Gasteiger partial charge in [-0.1, -0.05) is 20.8 Å². The molecular formula is C38H72N2O12. The standard InChI is InChI=1S/C38H72N2O12/c1-15-27-38(10,46)31(42)24(6)40(13)19-20(2)17-36(8,45)33(52-35-29(41)26(39(11)12)16-21(3)48-35)22(4)30(23(5)34(44)50-27)51-28-18-37(9,47-14)32(43)25(7)49-28/h20-33,35,41-43,45-46H,15-19H2,1-14H3/t20-,21-,22+,23-,24-,25+,26+,27-,28+,29-,30-,31+,32+,33-,35+,36-,37-,38-/m1/s1/i13D3. The summed E-state index contributed by atoms with van der Waals surface area (Å²) in [6, 6.07) is -1.48. The zero-order valence-electron chi connectivity index (χ0n) is 36.7. The number of carbonyl (C=O) groups is 1. The zero-order chi connectivity index (χ0) is 42.2. The van der Waals surface area contributed by atoms with E-state index in [9.17, 15) is 30.3 Å². The van der Waals surface area contributed by atoms with E-state index in [-0.39, 0.29) is 38.0 Å². The Kier molecular flexibility index (Phi) is 14.0. The van der Waals surface area contributed by atoms with Crippen molar-refractivity contribution in [3.05, 3.63) is 0 Å². The molecule has 0 unspecified atom stereocenters. The van der Waals surface area contributed by atoms with E-state index in [1.165, 1.54) is 21.0 Å². The Balaban J connectivity index is 2.23. The largest absolute Gasteiger partial charge is 0.459 e. The van der Waals surface area contributed by atoms with E-state index in [1.54, 1.807) is 48.5 Å². The van der Waals surface area contributed by atoms with Crippen molar-refractivity contribution in [2.24, 2.45) is 17.8 Å². The van der Waals surface area contributed by atoms with Gasteiger partial charge in [-0.3, -0.25) is 4.79 Å². The molecular weight excluding hydrogens is 676 g/mol. The number of nitrogens with zero attached hydrogens (tertiary/aromatic N) is 2. The highest BCUT2D eigenvalue weighted by molar-refractivity contribution is 5.73. The molecule has 3 rings (SSSR count). The van der Waals surface area contributed by atoms with Crippen LogP contribution in [0.25, 0.3) is 0 Å². The molecule has 5 N–H and O–H groups in total. The second-order valence-electron chi connectivity index (χ2n) is 16.9. The van der Waals surface area contributed by atoms with Crippen LogP contribution in [0.5, 0.6) is 0 Å². The minimum absolute atomic E-state index is 0.0305. The maximum absolute atomic E-state index is 14.3. The number of aliphatic hydroxyl groups excluding tert-OH is 3. The molecule has 52 heavy (non-hydrogen) atoms. The molecule has 3 fully saturated rings. The highest BCUT2D eigenvalue weighted by atomic mass is 16.7. The van der Waals surface area contributed by atoms with E-state index in [0.29, 0.717) is 6.42 Å². The molecule has 0 aromatic rings. The van der Waals surface area contributed by atoms with E-state index in [0.717, 1.165) is 4.90 Å². The van der Waals surface area contributed by atoms with Crippen molar-refractivity contribution in [1.82, 2.24) is 9.80 Å². The van der Waals surface area contributed by atoms with Crippen LogP contribution in [0.4, 0.5) is 0 Å². The first-order valence-electron chi connectivity index (χ1n) is 20.4. The van der Waals surface area contributed by atoms with Crippen LogP contribution in [0.3, 0.4) is 0 Å². The zero-order valence-corrected chi connectivity index (χ0v) is 33.7.